The van der Waals surface area contributed by atoms with E-state index >= 15 is 0 Å². The van der Waals surface area contributed by atoms with E-state index in [4.69, 9.17) is 0 Å². The summed E-state index contributed by atoms with van der Waals surface area (Å²) >= 11 is 0. The molecule has 7 heteroatoms. The lowest BCUT2D eigenvalue weighted by Gasteiger charge is -2.25. The highest BCUT2D eigenvalue weighted by Gasteiger charge is 2.20. The van der Waals surface area contributed by atoms with Crippen LogP contribution in [0.3, 0.4) is 0 Å². The summed E-state index contributed by atoms with van der Waals surface area (Å²) in [5.74, 6) is -1.55. The van der Waals surface area contributed by atoms with Crippen molar-refractivity contribution in [2.45, 2.75) is 26.3 Å². The lowest BCUT2D eigenvalue weighted by atomic mass is 10.0. The maximum Gasteiger partial charge on any atom is 0.275 e. The van der Waals surface area contributed by atoms with Crippen LogP contribution in [-0.2, 0) is 0 Å². The van der Waals surface area contributed by atoms with Gasteiger partial charge in [-0.2, -0.15) is 0 Å². The molecule has 1 aromatic carbocycles. The molecule has 118 valence electrons. The fourth-order valence-corrected chi connectivity index (χ4v) is 2.20. The number of nitrogens with one attached hydrogen (secondary N) is 1. The summed E-state index contributed by atoms with van der Waals surface area (Å²) in [6, 6.07) is 1.31. The molecule has 21 heavy (non-hydrogen) atoms. The van der Waals surface area contributed by atoms with Crippen LogP contribution in [-0.4, -0.2) is 36.5 Å². The zero-order valence-corrected chi connectivity index (χ0v) is 12.7. The van der Waals surface area contributed by atoms with Crippen LogP contribution in [0, 0.1) is 27.7 Å². The van der Waals surface area contributed by atoms with E-state index in [-0.39, 0.29) is 11.7 Å². The molecule has 1 aromatic rings. The minimum Gasteiger partial charge on any atom is -0.376 e. The number of halogens is 2. The Morgan fingerprint density at radius 2 is 1.81 bits per heavy atom. The van der Waals surface area contributed by atoms with Crippen molar-refractivity contribution in [3.63, 3.8) is 0 Å². The van der Waals surface area contributed by atoms with Gasteiger partial charge in [0.15, 0.2) is 11.6 Å². The van der Waals surface area contributed by atoms with Gasteiger partial charge < -0.3 is 10.2 Å². The number of nitro groups is 1. The minimum atomic E-state index is -0.950. The standard InChI is InChI=1S/C14H21F2N3O2/c1-9(2)5-10(8-18(3)4)17-14-12(15)6-11(19(20)21)7-13(14)16/h6-7,9-10,17H,5,8H2,1-4H3. The monoisotopic (exact) mass is 301 g/mol. The summed E-state index contributed by atoms with van der Waals surface area (Å²) in [7, 11) is 3.75. The molecule has 0 aromatic heterocycles. The molecule has 0 saturated heterocycles. The third-order valence-corrected chi connectivity index (χ3v) is 2.93. The third-order valence-electron chi connectivity index (χ3n) is 2.93. The first-order valence-electron chi connectivity index (χ1n) is 6.75. The molecular formula is C14H21F2N3O2. The summed E-state index contributed by atoms with van der Waals surface area (Å²) in [5.41, 5.74) is -0.906. The molecule has 0 spiro atoms. The Labute approximate surface area is 123 Å². The maximum absolute atomic E-state index is 13.9. The normalized spacial score (nSPS) is 12.8. The second-order valence-electron chi connectivity index (χ2n) is 5.77. The van der Waals surface area contributed by atoms with Crippen molar-refractivity contribution in [2.24, 2.45) is 5.92 Å². The van der Waals surface area contributed by atoms with Gasteiger partial charge in [-0.1, -0.05) is 13.8 Å². The highest BCUT2D eigenvalue weighted by Crippen LogP contribution is 2.26. The quantitative estimate of drug-likeness (QED) is 0.620. The zero-order valence-electron chi connectivity index (χ0n) is 12.7. The van der Waals surface area contributed by atoms with Crippen LogP contribution in [0.25, 0.3) is 0 Å². The molecule has 0 radical (unpaired) electrons. The van der Waals surface area contributed by atoms with E-state index in [1.165, 1.54) is 0 Å². The lowest BCUT2D eigenvalue weighted by Crippen LogP contribution is -2.34. The number of hydrogen-bond donors (Lipinski definition) is 1. The van der Waals surface area contributed by atoms with Crippen LogP contribution in [0.15, 0.2) is 12.1 Å². The molecular weight excluding hydrogens is 280 g/mol. The predicted octanol–water partition coefficient (Wildman–Crippen LogP) is 3.26. The van der Waals surface area contributed by atoms with E-state index in [2.05, 4.69) is 5.32 Å². The molecule has 1 unspecified atom stereocenters. The van der Waals surface area contributed by atoms with Gasteiger partial charge >= 0.3 is 0 Å². The molecule has 0 amide bonds. The van der Waals surface area contributed by atoms with E-state index in [0.717, 1.165) is 18.6 Å². The van der Waals surface area contributed by atoms with Crippen molar-refractivity contribution < 1.29 is 13.7 Å². The first kappa shape index (κ1) is 17.3. The van der Waals surface area contributed by atoms with E-state index in [0.29, 0.717) is 12.5 Å². The zero-order chi connectivity index (χ0) is 16.2. The Balaban J connectivity index is 3.00. The van der Waals surface area contributed by atoms with Gasteiger partial charge in [-0.25, -0.2) is 8.78 Å². The average Bonchev–Trinajstić information content (AvgIpc) is 2.31. The predicted molar refractivity (Wildman–Crippen MR) is 78.4 cm³/mol. The van der Waals surface area contributed by atoms with E-state index in [1.54, 1.807) is 0 Å². The molecule has 0 aliphatic carbocycles. The van der Waals surface area contributed by atoms with Gasteiger partial charge in [0.1, 0.15) is 5.69 Å². The van der Waals surface area contributed by atoms with Gasteiger partial charge in [0.05, 0.1) is 17.1 Å². The highest BCUT2D eigenvalue weighted by molar-refractivity contribution is 5.52. The van der Waals surface area contributed by atoms with Gasteiger partial charge in [0.25, 0.3) is 5.69 Å². The number of non-ortho nitro benzene ring substituents is 1. The van der Waals surface area contributed by atoms with Crippen molar-refractivity contribution in [1.82, 2.24) is 4.90 Å². The summed E-state index contributed by atoms with van der Waals surface area (Å²) in [4.78, 5) is 11.7. The summed E-state index contributed by atoms with van der Waals surface area (Å²) in [6.45, 7) is 4.65. The molecule has 0 bridgehead atoms. The van der Waals surface area contributed by atoms with Gasteiger partial charge in [-0.15, -0.1) is 0 Å². The smallest absolute Gasteiger partial charge is 0.275 e. The molecule has 0 aliphatic rings. The Hall–Kier alpha value is -1.76. The first-order chi connectivity index (χ1) is 9.70. The molecule has 0 fully saturated rings. The minimum absolute atomic E-state index is 0.148. The molecule has 1 atom stereocenters. The fourth-order valence-electron chi connectivity index (χ4n) is 2.20. The SMILES string of the molecule is CC(C)CC(CN(C)C)Nc1c(F)cc([N+](=O)[O-])cc1F. The summed E-state index contributed by atoms with van der Waals surface area (Å²) in [5, 5.41) is 13.4. The fraction of sp³-hybridized carbons (Fsp3) is 0.571. The summed E-state index contributed by atoms with van der Waals surface area (Å²) < 4.78 is 27.8. The number of nitrogens with zero attached hydrogens (tertiary/aromatic N) is 2. The number of likely N-dealkylation sites (N-methyl/N-ethyl adjacent to an activating group) is 1. The average molecular weight is 301 g/mol. The number of nitro benzene ring substituents is 1. The number of rotatable bonds is 7. The molecule has 1 N–H and O–H groups in total. The number of anilines is 1. The Kier molecular flexibility index (Phi) is 6.02. The Morgan fingerprint density at radius 1 is 1.29 bits per heavy atom. The van der Waals surface area contributed by atoms with Crippen LogP contribution >= 0.6 is 0 Å². The molecule has 0 heterocycles. The van der Waals surface area contributed by atoms with Crippen LogP contribution in [0.4, 0.5) is 20.2 Å². The second kappa shape index (κ2) is 7.31. The number of hydrogen-bond acceptors (Lipinski definition) is 4. The van der Waals surface area contributed by atoms with Crippen LogP contribution in [0.5, 0.6) is 0 Å². The topological polar surface area (TPSA) is 58.4 Å². The summed E-state index contributed by atoms with van der Waals surface area (Å²) in [6.07, 6.45) is 0.730. The van der Waals surface area contributed by atoms with Gasteiger partial charge in [0.2, 0.25) is 0 Å². The van der Waals surface area contributed by atoms with Crippen molar-refractivity contribution in [1.29, 1.82) is 0 Å². The molecule has 0 aliphatic heterocycles. The molecule has 0 saturated carbocycles. The van der Waals surface area contributed by atoms with E-state index in [9.17, 15) is 18.9 Å². The van der Waals surface area contributed by atoms with Crippen molar-refractivity contribution in [2.75, 3.05) is 26.0 Å². The largest absolute Gasteiger partial charge is 0.376 e. The van der Waals surface area contributed by atoms with Crippen molar-refractivity contribution >= 4 is 11.4 Å². The maximum atomic E-state index is 13.9. The van der Waals surface area contributed by atoms with Gasteiger partial charge in [0, 0.05) is 12.6 Å². The Bertz CT molecular complexity index is 474. The Morgan fingerprint density at radius 3 is 2.19 bits per heavy atom. The lowest BCUT2D eigenvalue weighted by molar-refractivity contribution is -0.385. The van der Waals surface area contributed by atoms with Crippen LogP contribution in [0.1, 0.15) is 20.3 Å². The second-order valence-corrected chi connectivity index (χ2v) is 5.77. The van der Waals surface area contributed by atoms with Gasteiger partial charge in [-0.05, 0) is 26.4 Å². The molecule has 5 nitrogen and oxygen atoms in total. The van der Waals surface area contributed by atoms with Crippen LogP contribution < -0.4 is 5.32 Å². The van der Waals surface area contributed by atoms with E-state index in [1.807, 2.05) is 32.8 Å². The van der Waals surface area contributed by atoms with Gasteiger partial charge in [-0.3, -0.25) is 10.1 Å². The van der Waals surface area contributed by atoms with E-state index < -0.39 is 22.2 Å². The third kappa shape index (κ3) is 5.26. The molecule has 1 rings (SSSR count). The van der Waals surface area contributed by atoms with Crippen molar-refractivity contribution in [3.8, 4) is 0 Å². The number of benzene rings is 1. The van der Waals surface area contributed by atoms with Crippen LogP contribution in [0.2, 0.25) is 0 Å². The first-order valence-corrected chi connectivity index (χ1v) is 6.75. The highest BCUT2D eigenvalue weighted by atomic mass is 19.1. The van der Waals surface area contributed by atoms with Crippen molar-refractivity contribution in [3.05, 3.63) is 33.9 Å².